The SMILES string of the molecule is Cc1ccc(-n2c(C)cc3c2CCCC3O)cc1N(C)C. The fourth-order valence-electron chi connectivity index (χ4n) is 3.46. The van der Waals surface area contributed by atoms with Crippen molar-refractivity contribution in [3.05, 3.63) is 46.8 Å². The molecule has 0 aliphatic heterocycles. The first-order valence-corrected chi connectivity index (χ1v) is 7.66. The zero-order valence-corrected chi connectivity index (χ0v) is 13.3. The smallest absolute Gasteiger partial charge is 0.0807 e. The Morgan fingerprint density at radius 3 is 2.67 bits per heavy atom. The van der Waals surface area contributed by atoms with Crippen molar-refractivity contribution in [1.29, 1.82) is 0 Å². The molecule has 0 saturated heterocycles. The van der Waals surface area contributed by atoms with Gasteiger partial charge in [-0.25, -0.2) is 0 Å². The van der Waals surface area contributed by atoms with Gasteiger partial charge in [-0.05, 0) is 56.9 Å². The molecule has 1 N–H and O–H groups in total. The van der Waals surface area contributed by atoms with Crippen LogP contribution in [0.3, 0.4) is 0 Å². The van der Waals surface area contributed by atoms with Gasteiger partial charge in [-0.3, -0.25) is 0 Å². The van der Waals surface area contributed by atoms with E-state index in [0.29, 0.717) is 0 Å². The van der Waals surface area contributed by atoms with Crippen molar-refractivity contribution in [2.75, 3.05) is 19.0 Å². The molecular weight excluding hydrogens is 260 g/mol. The normalized spacial score (nSPS) is 17.7. The Balaban J connectivity index is 2.15. The monoisotopic (exact) mass is 284 g/mol. The van der Waals surface area contributed by atoms with E-state index in [2.05, 4.69) is 61.7 Å². The van der Waals surface area contributed by atoms with Crippen LogP contribution in [-0.2, 0) is 6.42 Å². The lowest BCUT2D eigenvalue weighted by Gasteiger charge is -2.22. The molecule has 0 bridgehead atoms. The first kappa shape index (κ1) is 14.2. The highest BCUT2D eigenvalue weighted by atomic mass is 16.3. The summed E-state index contributed by atoms with van der Waals surface area (Å²) in [4.78, 5) is 2.15. The number of hydrogen-bond acceptors (Lipinski definition) is 2. The highest BCUT2D eigenvalue weighted by Crippen LogP contribution is 2.34. The lowest BCUT2D eigenvalue weighted by Crippen LogP contribution is -2.13. The number of anilines is 1. The van der Waals surface area contributed by atoms with Crippen LogP contribution in [0, 0.1) is 13.8 Å². The van der Waals surface area contributed by atoms with Crippen LogP contribution in [-0.4, -0.2) is 23.8 Å². The van der Waals surface area contributed by atoms with Gasteiger partial charge in [0.05, 0.1) is 6.10 Å². The van der Waals surface area contributed by atoms with Crippen molar-refractivity contribution >= 4 is 5.69 Å². The van der Waals surface area contributed by atoms with E-state index in [0.717, 1.165) is 24.8 Å². The van der Waals surface area contributed by atoms with E-state index < -0.39 is 0 Å². The molecule has 112 valence electrons. The fourth-order valence-corrected chi connectivity index (χ4v) is 3.46. The largest absolute Gasteiger partial charge is 0.388 e. The Morgan fingerprint density at radius 1 is 1.19 bits per heavy atom. The highest BCUT2D eigenvalue weighted by molar-refractivity contribution is 5.59. The maximum absolute atomic E-state index is 10.2. The van der Waals surface area contributed by atoms with E-state index >= 15 is 0 Å². The molecule has 1 unspecified atom stereocenters. The summed E-state index contributed by atoms with van der Waals surface area (Å²) >= 11 is 0. The Hall–Kier alpha value is -1.74. The van der Waals surface area contributed by atoms with Gasteiger partial charge in [0.1, 0.15) is 0 Å². The third-order valence-electron chi connectivity index (χ3n) is 4.50. The van der Waals surface area contributed by atoms with Gasteiger partial charge >= 0.3 is 0 Å². The van der Waals surface area contributed by atoms with Gasteiger partial charge in [0.2, 0.25) is 0 Å². The summed E-state index contributed by atoms with van der Waals surface area (Å²) in [6, 6.07) is 8.74. The lowest BCUT2D eigenvalue weighted by atomic mass is 9.95. The third kappa shape index (κ3) is 2.36. The van der Waals surface area contributed by atoms with Crippen LogP contribution in [0.2, 0.25) is 0 Å². The summed E-state index contributed by atoms with van der Waals surface area (Å²) in [5.74, 6) is 0. The van der Waals surface area contributed by atoms with Gasteiger partial charge in [0.15, 0.2) is 0 Å². The zero-order valence-electron chi connectivity index (χ0n) is 13.3. The standard InChI is InChI=1S/C18H24N2O/c1-12-8-9-14(11-17(12)19(3)4)20-13(2)10-15-16(20)6-5-7-18(15)21/h8-11,18,21H,5-7H2,1-4H3. The number of aryl methyl sites for hydroxylation is 2. The van der Waals surface area contributed by atoms with Crippen molar-refractivity contribution in [2.45, 2.75) is 39.2 Å². The van der Waals surface area contributed by atoms with Crippen LogP contribution in [0.15, 0.2) is 24.3 Å². The van der Waals surface area contributed by atoms with E-state index in [1.165, 1.54) is 28.3 Å². The van der Waals surface area contributed by atoms with Crippen LogP contribution < -0.4 is 4.90 Å². The fraction of sp³-hybridized carbons (Fsp3) is 0.444. The van der Waals surface area contributed by atoms with Crippen molar-refractivity contribution in [2.24, 2.45) is 0 Å². The summed E-state index contributed by atoms with van der Waals surface area (Å²) in [6.07, 6.45) is 2.69. The van der Waals surface area contributed by atoms with Crippen LogP contribution in [0.25, 0.3) is 5.69 Å². The molecule has 1 aliphatic carbocycles. The zero-order chi connectivity index (χ0) is 15.1. The van der Waals surface area contributed by atoms with E-state index in [4.69, 9.17) is 0 Å². The molecule has 21 heavy (non-hydrogen) atoms. The molecule has 0 saturated carbocycles. The molecule has 0 fully saturated rings. The third-order valence-corrected chi connectivity index (χ3v) is 4.50. The quantitative estimate of drug-likeness (QED) is 0.914. The number of aromatic nitrogens is 1. The van der Waals surface area contributed by atoms with Crippen molar-refractivity contribution < 1.29 is 5.11 Å². The number of nitrogens with zero attached hydrogens (tertiary/aromatic N) is 2. The molecule has 0 amide bonds. The van der Waals surface area contributed by atoms with Crippen LogP contribution in [0.4, 0.5) is 5.69 Å². The predicted octanol–water partition coefficient (Wildman–Crippen LogP) is 3.53. The molecule has 3 heteroatoms. The maximum atomic E-state index is 10.2. The van der Waals surface area contributed by atoms with Gasteiger partial charge in [0.25, 0.3) is 0 Å². The van der Waals surface area contributed by atoms with E-state index in [1.54, 1.807) is 0 Å². The number of aliphatic hydroxyl groups excluding tert-OH is 1. The van der Waals surface area contributed by atoms with Gasteiger partial charge in [-0.2, -0.15) is 0 Å². The minimum absolute atomic E-state index is 0.299. The van der Waals surface area contributed by atoms with Crippen LogP contribution in [0.1, 0.15) is 41.5 Å². The first-order valence-electron chi connectivity index (χ1n) is 7.66. The molecule has 3 rings (SSSR count). The van der Waals surface area contributed by atoms with E-state index in [9.17, 15) is 5.11 Å². The second-order valence-electron chi connectivity index (χ2n) is 6.30. The number of hydrogen-bond donors (Lipinski definition) is 1. The number of aliphatic hydroxyl groups is 1. The predicted molar refractivity (Wildman–Crippen MR) is 87.5 cm³/mol. The second kappa shape index (κ2) is 5.23. The van der Waals surface area contributed by atoms with E-state index in [1.807, 2.05) is 0 Å². The Bertz CT molecular complexity index is 670. The lowest BCUT2D eigenvalue weighted by molar-refractivity contribution is 0.156. The van der Waals surface area contributed by atoms with E-state index in [-0.39, 0.29) is 6.10 Å². The maximum Gasteiger partial charge on any atom is 0.0807 e. The van der Waals surface area contributed by atoms with Gasteiger partial charge in [0, 0.05) is 42.4 Å². The summed E-state index contributed by atoms with van der Waals surface area (Å²) in [5.41, 5.74) is 7.31. The molecule has 1 aromatic carbocycles. The van der Waals surface area contributed by atoms with Crippen molar-refractivity contribution in [3.63, 3.8) is 0 Å². The summed E-state index contributed by atoms with van der Waals surface area (Å²) < 4.78 is 2.31. The first-order chi connectivity index (χ1) is 9.99. The summed E-state index contributed by atoms with van der Waals surface area (Å²) in [7, 11) is 4.15. The Morgan fingerprint density at radius 2 is 1.95 bits per heavy atom. The number of fused-ring (bicyclic) bond motifs is 1. The molecule has 1 atom stereocenters. The average molecular weight is 284 g/mol. The number of rotatable bonds is 2. The Labute approximate surface area is 126 Å². The Kier molecular flexibility index (Phi) is 3.54. The van der Waals surface area contributed by atoms with Gasteiger partial charge in [-0.1, -0.05) is 6.07 Å². The van der Waals surface area contributed by atoms with Crippen LogP contribution >= 0.6 is 0 Å². The molecule has 0 radical (unpaired) electrons. The molecule has 3 nitrogen and oxygen atoms in total. The minimum Gasteiger partial charge on any atom is -0.388 e. The minimum atomic E-state index is -0.299. The molecule has 1 heterocycles. The molecule has 0 spiro atoms. The summed E-state index contributed by atoms with van der Waals surface area (Å²) in [5, 5.41) is 10.2. The molecular formula is C18H24N2O. The molecule has 2 aromatic rings. The highest BCUT2D eigenvalue weighted by Gasteiger charge is 2.23. The molecule has 1 aliphatic rings. The topological polar surface area (TPSA) is 28.4 Å². The molecule has 1 aromatic heterocycles. The average Bonchev–Trinajstić information content (AvgIpc) is 2.77. The number of benzene rings is 1. The van der Waals surface area contributed by atoms with Crippen LogP contribution in [0.5, 0.6) is 0 Å². The second-order valence-corrected chi connectivity index (χ2v) is 6.30. The van der Waals surface area contributed by atoms with Crippen molar-refractivity contribution in [1.82, 2.24) is 4.57 Å². The summed E-state index contributed by atoms with van der Waals surface area (Å²) in [6.45, 7) is 4.26. The van der Waals surface area contributed by atoms with Crippen molar-refractivity contribution in [3.8, 4) is 5.69 Å². The van der Waals surface area contributed by atoms with Gasteiger partial charge < -0.3 is 14.6 Å². The van der Waals surface area contributed by atoms with Gasteiger partial charge in [-0.15, -0.1) is 0 Å².